The summed E-state index contributed by atoms with van der Waals surface area (Å²) in [5.74, 6) is -1.52. The van der Waals surface area contributed by atoms with Crippen LogP contribution in [0, 0.1) is 11.8 Å². The second kappa shape index (κ2) is 3.69. The van der Waals surface area contributed by atoms with Crippen LogP contribution >= 0.6 is 0 Å². The minimum atomic E-state index is -0.872. The summed E-state index contributed by atoms with van der Waals surface area (Å²) in [5.41, 5.74) is 0. The Morgan fingerprint density at radius 1 is 1.64 bits per heavy atom. The van der Waals surface area contributed by atoms with Gasteiger partial charge in [0, 0.05) is 13.2 Å². The lowest BCUT2D eigenvalue weighted by molar-refractivity contribution is -0.150. The van der Waals surface area contributed by atoms with Crippen LogP contribution in [-0.2, 0) is 9.53 Å². The van der Waals surface area contributed by atoms with E-state index >= 15 is 0 Å². The molecule has 0 bridgehead atoms. The molecule has 1 saturated heterocycles. The molecule has 0 spiro atoms. The molecule has 0 aromatic rings. The highest BCUT2D eigenvalue weighted by atomic mass is 16.5. The number of hydrogen-bond donors (Lipinski definition) is 2. The monoisotopic (exact) mass is 160 g/mol. The van der Waals surface area contributed by atoms with Crippen molar-refractivity contribution in [3.63, 3.8) is 0 Å². The molecule has 2 N–H and O–H groups in total. The Morgan fingerprint density at radius 2 is 2.36 bits per heavy atom. The molecular weight excluding hydrogens is 148 g/mol. The second-order valence-corrected chi connectivity index (χ2v) is 2.75. The van der Waals surface area contributed by atoms with Crippen LogP contribution in [0.1, 0.15) is 6.42 Å². The number of aliphatic hydroxyl groups excluding tert-OH is 1. The zero-order valence-corrected chi connectivity index (χ0v) is 6.19. The summed E-state index contributed by atoms with van der Waals surface area (Å²) >= 11 is 0. The molecule has 2 unspecified atom stereocenters. The Balaban J connectivity index is 2.51. The summed E-state index contributed by atoms with van der Waals surface area (Å²) in [7, 11) is 0. The Hall–Kier alpha value is -0.610. The molecule has 1 aliphatic rings. The van der Waals surface area contributed by atoms with E-state index in [4.69, 9.17) is 14.9 Å². The van der Waals surface area contributed by atoms with Crippen LogP contribution in [0.2, 0.25) is 0 Å². The molecule has 0 aromatic carbocycles. The highest BCUT2D eigenvalue weighted by Gasteiger charge is 2.30. The van der Waals surface area contributed by atoms with E-state index in [-0.39, 0.29) is 19.1 Å². The third kappa shape index (κ3) is 1.91. The van der Waals surface area contributed by atoms with Crippen molar-refractivity contribution in [3.8, 4) is 0 Å². The maximum absolute atomic E-state index is 10.5. The molecule has 0 aliphatic carbocycles. The van der Waals surface area contributed by atoms with E-state index in [2.05, 4.69) is 0 Å². The van der Waals surface area contributed by atoms with Gasteiger partial charge >= 0.3 is 5.97 Å². The van der Waals surface area contributed by atoms with Crippen molar-refractivity contribution < 1.29 is 19.7 Å². The highest BCUT2D eigenvalue weighted by Crippen LogP contribution is 2.21. The molecule has 0 radical (unpaired) electrons. The fourth-order valence-corrected chi connectivity index (χ4v) is 1.27. The zero-order valence-electron chi connectivity index (χ0n) is 6.19. The zero-order chi connectivity index (χ0) is 8.27. The number of ether oxygens (including phenoxy) is 1. The summed E-state index contributed by atoms with van der Waals surface area (Å²) < 4.78 is 4.98. The molecule has 4 nitrogen and oxygen atoms in total. The summed E-state index contributed by atoms with van der Waals surface area (Å²) in [4.78, 5) is 10.5. The van der Waals surface area contributed by atoms with Gasteiger partial charge in [0.15, 0.2) is 0 Å². The highest BCUT2D eigenvalue weighted by molar-refractivity contribution is 5.70. The van der Waals surface area contributed by atoms with Crippen LogP contribution in [0.15, 0.2) is 0 Å². The van der Waals surface area contributed by atoms with Crippen molar-refractivity contribution in [2.24, 2.45) is 11.8 Å². The standard InChI is InChI=1S/C7H12O4/c8-3-5-1-2-11-4-6(5)7(9)10/h5-6,8H,1-4H2,(H,9,10). The first-order chi connectivity index (χ1) is 5.25. The maximum Gasteiger partial charge on any atom is 0.309 e. The van der Waals surface area contributed by atoms with E-state index < -0.39 is 11.9 Å². The molecular formula is C7H12O4. The van der Waals surface area contributed by atoms with Crippen molar-refractivity contribution >= 4 is 5.97 Å². The van der Waals surface area contributed by atoms with Crippen LogP contribution in [0.25, 0.3) is 0 Å². The van der Waals surface area contributed by atoms with Crippen LogP contribution in [0.4, 0.5) is 0 Å². The first-order valence-corrected chi connectivity index (χ1v) is 3.67. The molecule has 4 heteroatoms. The van der Waals surface area contributed by atoms with Crippen LogP contribution in [-0.4, -0.2) is 36.0 Å². The average molecular weight is 160 g/mol. The van der Waals surface area contributed by atoms with Gasteiger partial charge < -0.3 is 14.9 Å². The van der Waals surface area contributed by atoms with E-state index in [0.717, 1.165) is 0 Å². The minimum Gasteiger partial charge on any atom is -0.481 e. The Labute approximate surface area is 64.8 Å². The van der Waals surface area contributed by atoms with E-state index in [1.807, 2.05) is 0 Å². The first kappa shape index (κ1) is 8.49. The van der Waals surface area contributed by atoms with Crippen molar-refractivity contribution in [1.82, 2.24) is 0 Å². The number of hydrogen-bond acceptors (Lipinski definition) is 3. The van der Waals surface area contributed by atoms with Gasteiger partial charge in [-0.15, -0.1) is 0 Å². The number of aliphatic hydroxyl groups is 1. The first-order valence-electron chi connectivity index (χ1n) is 3.67. The van der Waals surface area contributed by atoms with E-state index in [1.165, 1.54) is 0 Å². The van der Waals surface area contributed by atoms with Gasteiger partial charge in [0.1, 0.15) is 0 Å². The number of carboxylic acids is 1. The van der Waals surface area contributed by atoms with Gasteiger partial charge in [-0.3, -0.25) is 4.79 Å². The Morgan fingerprint density at radius 3 is 2.82 bits per heavy atom. The Bertz CT molecular complexity index is 145. The van der Waals surface area contributed by atoms with Crippen molar-refractivity contribution in [2.45, 2.75) is 6.42 Å². The van der Waals surface area contributed by atoms with E-state index in [1.54, 1.807) is 0 Å². The number of carboxylic acid groups (broad SMARTS) is 1. The summed E-state index contributed by atoms with van der Waals surface area (Å²) in [6, 6.07) is 0. The smallest absolute Gasteiger partial charge is 0.309 e. The molecule has 1 rings (SSSR count). The largest absolute Gasteiger partial charge is 0.481 e. The third-order valence-corrected chi connectivity index (χ3v) is 2.05. The minimum absolute atomic E-state index is 0.0552. The van der Waals surface area contributed by atoms with Gasteiger partial charge in [0.25, 0.3) is 0 Å². The number of aliphatic carboxylic acids is 1. The van der Waals surface area contributed by atoms with Gasteiger partial charge in [0.05, 0.1) is 12.5 Å². The van der Waals surface area contributed by atoms with E-state index in [9.17, 15) is 4.79 Å². The molecule has 1 heterocycles. The van der Waals surface area contributed by atoms with Gasteiger partial charge in [-0.2, -0.15) is 0 Å². The predicted molar refractivity (Wildman–Crippen MR) is 37.1 cm³/mol. The molecule has 64 valence electrons. The number of rotatable bonds is 2. The molecule has 0 amide bonds. The predicted octanol–water partition coefficient (Wildman–Crippen LogP) is -0.284. The van der Waals surface area contributed by atoms with Crippen molar-refractivity contribution in [3.05, 3.63) is 0 Å². The van der Waals surface area contributed by atoms with Crippen LogP contribution in [0.5, 0.6) is 0 Å². The maximum atomic E-state index is 10.5. The van der Waals surface area contributed by atoms with Gasteiger partial charge in [-0.25, -0.2) is 0 Å². The van der Waals surface area contributed by atoms with Crippen molar-refractivity contribution in [2.75, 3.05) is 19.8 Å². The van der Waals surface area contributed by atoms with Gasteiger partial charge in [0.2, 0.25) is 0 Å². The van der Waals surface area contributed by atoms with Crippen molar-refractivity contribution in [1.29, 1.82) is 0 Å². The quantitative estimate of drug-likeness (QED) is 0.582. The fraction of sp³-hybridized carbons (Fsp3) is 0.857. The number of carbonyl (C=O) groups is 1. The lowest BCUT2D eigenvalue weighted by atomic mass is 9.89. The average Bonchev–Trinajstić information content (AvgIpc) is 2.04. The molecule has 11 heavy (non-hydrogen) atoms. The van der Waals surface area contributed by atoms with Gasteiger partial charge in [-0.1, -0.05) is 0 Å². The third-order valence-electron chi connectivity index (χ3n) is 2.05. The molecule has 1 aliphatic heterocycles. The van der Waals surface area contributed by atoms with Crippen LogP contribution < -0.4 is 0 Å². The second-order valence-electron chi connectivity index (χ2n) is 2.75. The van der Waals surface area contributed by atoms with Crippen LogP contribution in [0.3, 0.4) is 0 Å². The summed E-state index contributed by atoms with van der Waals surface area (Å²) in [6.45, 7) is 0.746. The summed E-state index contributed by atoms with van der Waals surface area (Å²) in [5, 5.41) is 17.4. The normalized spacial score (nSPS) is 31.7. The lowest BCUT2D eigenvalue weighted by Crippen LogP contribution is -2.35. The molecule has 0 aromatic heterocycles. The fourth-order valence-electron chi connectivity index (χ4n) is 1.27. The summed E-state index contributed by atoms with van der Waals surface area (Å²) in [6.07, 6.45) is 0.646. The lowest BCUT2D eigenvalue weighted by Gasteiger charge is -2.26. The Kier molecular flexibility index (Phi) is 2.84. The molecule has 1 fully saturated rings. The topological polar surface area (TPSA) is 66.8 Å². The molecule has 2 atom stereocenters. The van der Waals surface area contributed by atoms with E-state index in [0.29, 0.717) is 13.0 Å². The molecule has 0 saturated carbocycles. The SMILES string of the molecule is O=C(O)C1COCCC1CO. The van der Waals surface area contributed by atoms with Gasteiger partial charge in [-0.05, 0) is 12.3 Å².